The summed E-state index contributed by atoms with van der Waals surface area (Å²) in [5, 5.41) is 0.874. The first-order valence-corrected chi connectivity index (χ1v) is 10.2. The third-order valence-corrected chi connectivity index (χ3v) is 6.12. The van der Waals surface area contributed by atoms with Crippen molar-refractivity contribution < 1.29 is 9.53 Å². The number of carbonyl (C=O) groups is 1. The Kier molecular flexibility index (Phi) is 4.65. The molecule has 2 heterocycles. The van der Waals surface area contributed by atoms with Crippen molar-refractivity contribution in [2.75, 3.05) is 7.11 Å². The van der Waals surface area contributed by atoms with Gasteiger partial charge in [-0.1, -0.05) is 59.6 Å². The Bertz CT molecular complexity index is 1250. The number of hydrogen-bond acceptors (Lipinski definition) is 3. The molecule has 5 rings (SSSR count). The second-order valence-electron chi connectivity index (χ2n) is 7.14. The lowest BCUT2D eigenvalue weighted by Crippen LogP contribution is -2.31. The van der Waals surface area contributed by atoms with Gasteiger partial charge in [0.2, 0.25) is 0 Å². The highest BCUT2D eigenvalue weighted by atomic mass is 35.5. The van der Waals surface area contributed by atoms with Crippen molar-refractivity contribution >= 4 is 40.1 Å². The van der Waals surface area contributed by atoms with Crippen molar-refractivity contribution in [3.63, 3.8) is 0 Å². The summed E-state index contributed by atoms with van der Waals surface area (Å²) in [6, 6.07) is 18.3. The van der Waals surface area contributed by atoms with Gasteiger partial charge < -0.3 is 14.6 Å². The van der Waals surface area contributed by atoms with Crippen LogP contribution in [-0.4, -0.2) is 27.9 Å². The number of ether oxygens (including phenoxy) is 1. The number of amides is 1. The van der Waals surface area contributed by atoms with Crippen molar-refractivity contribution in [3.8, 4) is 5.75 Å². The fourth-order valence-electron chi connectivity index (χ4n) is 3.99. The zero-order valence-corrected chi connectivity index (χ0v) is 17.5. The first-order valence-electron chi connectivity index (χ1n) is 9.43. The number of benzene rings is 3. The van der Waals surface area contributed by atoms with Gasteiger partial charge in [0.15, 0.2) is 0 Å². The highest BCUT2D eigenvalue weighted by Crippen LogP contribution is 2.39. The first kappa shape index (κ1) is 19.0. The number of aromatic amines is 1. The predicted molar refractivity (Wildman–Crippen MR) is 117 cm³/mol. The molecule has 1 aliphatic heterocycles. The molecule has 150 valence electrons. The fourth-order valence-corrected chi connectivity index (χ4v) is 4.32. The van der Waals surface area contributed by atoms with Crippen LogP contribution in [0.4, 0.5) is 0 Å². The second kappa shape index (κ2) is 7.35. The molecule has 0 fully saturated rings. The lowest BCUT2D eigenvalue weighted by molar-refractivity contribution is 0.0723. The third kappa shape index (κ3) is 3.02. The van der Waals surface area contributed by atoms with E-state index in [-0.39, 0.29) is 5.91 Å². The van der Waals surface area contributed by atoms with Crippen molar-refractivity contribution in [2.24, 2.45) is 0 Å². The Balaban J connectivity index is 1.69. The van der Waals surface area contributed by atoms with E-state index in [1.165, 1.54) is 0 Å². The summed E-state index contributed by atoms with van der Waals surface area (Å²) in [7, 11) is 1.62. The van der Waals surface area contributed by atoms with Gasteiger partial charge in [-0.05, 0) is 29.8 Å². The van der Waals surface area contributed by atoms with E-state index in [1.54, 1.807) is 19.2 Å². The standard InChI is InChI=1S/C23H17Cl2N3O2/c1-30-20-9-5-4-8-15(20)21(28-12-13-6-2-3-7-14(13)23(28)29)22-26-18-10-16(24)17(25)11-19(18)27-22/h2-11,21H,12H2,1H3,(H,26,27). The van der Waals surface area contributed by atoms with Crippen molar-refractivity contribution in [3.05, 3.63) is 93.2 Å². The number of nitrogens with one attached hydrogen (secondary N) is 1. The highest BCUT2D eigenvalue weighted by Gasteiger charge is 2.37. The maximum absolute atomic E-state index is 13.3. The minimum atomic E-state index is -0.467. The van der Waals surface area contributed by atoms with E-state index in [0.717, 1.165) is 16.6 Å². The van der Waals surface area contributed by atoms with Gasteiger partial charge in [-0.15, -0.1) is 0 Å². The van der Waals surface area contributed by atoms with Crippen LogP contribution in [0.1, 0.15) is 33.4 Å². The van der Waals surface area contributed by atoms with Gasteiger partial charge in [0.25, 0.3) is 5.91 Å². The van der Waals surface area contributed by atoms with Crippen LogP contribution in [0.15, 0.2) is 60.7 Å². The predicted octanol–water partition coefficient (Wildman–Crippen LogP) is 5.62. The quantitative estimate of drug-likeness (QED) is 0.450. The molecular formula is C23H17Cl2N3O2. The normalized spacial score (nSPS) is 14.2. The Morgan fingerprint density at radius 1 is 1.07 bits per heavy atom. The number of para-hydroxylation sites is 1. The molecule has 1 atom stereocenters. The molecule has 0 aliphatic carbocycles. The molecule has 0 spiro atoms. The molecule has 1 aromatic heterocycles. The largest absolute Gasteiger partial charge is 0.496 e. The number of rotatable bonds is 4. The van der Waals surface area contributed by atoms with Gasteiger partial charge >= 0.3 is 0 Å². The van der Waals surface area contributed by atoms with Gasteiger partial charge in [0.1, 0.15) is 17.6 Å². The van der Waals surface area contributed by atoms with Crippen LogP contribution in [-0.2, 0) is 6.54 Å². The smallest absolute Gasteiger partial charge is 0.255 e. The van der Waals surface area contributed by atoms with E-state index < -0.39 is 6.04 Å². The number of imidazole rings is 1. The second-order valence-corrected chi connectivity index (χ2v) is 7.95. The lowest BCUT2D eigenvalue weighted by Gasteiger charge is -2.28. The summed E-state index contributed by atoms with van der Waals surface area (Å²) >= 11 is 12.4. The highest BCUT2D eigenvalue weighted by molar-refractivity contribution is 6.42. The number of methoxy groups -OCH3 is 1. The summed E-state index contributed by atoms with van der Waals surface area (Å²) in [4.78, 5) is 23.2. The van der Waals surface area contributed by atoms with Gasteiger partial charge in [-0.2, -0.15) is 0 Å². The Morgan fingerprint density at radius 2 is 1.80 bits per heavy atom. The average molecular weight is 438 g/mol. The van der Waals surface area contributed by atoms with Gasteiger partial charge in [-0.25, -0.2) is 4.98 Å². The molecule has 5 nitrogen and oxygen atoms in total. The monoisotopic (exact) mass is 437 g/mol. The maximum atomic E-state index is 13.3. The molecular weight excluding hydrogens is 421 g/mol. The topological polar surface area (TPSA) is 58.2 Å². The molecule has 30 heavy (non-hydrogen) atoms. The van der Waals surface area contributed by atoms with Crippen LogP contribution >= 0.6 is 23.2 Å². The number of carbonyl (C=O) groups excluding carboxylic acids is 1. The first-order chi connectivity index (χ1) is 14.6. The number of aromatic nitrogens is 2. The summed E-state index contributed by atoms with van der Waals surface area (Å²) in [5.74, 6) is 1.26. The minimum absolute atomic E-state index is 0.0435. The van der Waals surface area contributed by atoms with Crippen LogP contribution in [0.3, 0.4) is 0 Å². The molecule has 7 heteroatoms. The number of fused-ring (bicyclic) bond motifs is 2. The molecule has 1 N–H and O–H groups in total. The molecule has 0 bridgehead atoms. The van der Waals surface area contributed by atoms with Crippen LogP contribution in [0.25, 0.3) is 11.0 Å². The third-order valence-electron chi connectivity index (χ3n) is 5.40. The maximum Gasteiger partial charge on any atom is 0.255 e. The minimum Gasteiger partial charge on any atom is -0.496 e. The number of H-pyrrole nitrogens is 1. The number of hydrogen-bond donors (Lipinski definition) is 1. The van der Waals surface area contributed by atoms with Crippen molar-refractivity contribution in [2.45, 2.75) is 12.6 Å². The van der Waals surface area contributed by atoms with E-state index in [0.29, 0.717) is 39.2 Å². The summed E-state index contributed by atoms with van der Waals surface area (Å²) < 4.78 is 5.61. The van der Waals surface area contributed by atoms with Crippen LogP contribution in [0.2, 0.25) is 10.0 Å². The molecule has 3 aromatic carbocycles. The number of halogens is 2. The van der Waals surface area contributed by atoms with Crippen molar-refractivity contribution in [1.82, 2.24) is 14.9 Å². The van der Waals surface area contributed by atoms with Gasteiger partial charge in [-0.3, -0.25) is 4.79 Å². The van der Waals surface area contributed by atoms with Crippen LogP contribution in [0.5, 0.6) is 5.75 Å². The SMILES string of the molecule is COc1ccccc1C(c1nc2cc(Cl)c(Cl)cc2[nH]1)N1Cc2ccccc2C1=O. The molecule has 0 saturated carbocycles. The summed E-state index contributed by atoms with van der Waals surface area (Å²) in [6.07, 6.45) is 0. The van der Waals surface area contributed by atoms with E-state index in [1.807, 2.05) is 53.4 Å². The molecule has 1 aliphatic rings. The number of nitrogens with zero attached hydrogens (tertiary/aromatic N) is 2. The van der Waals surface area contributed by atoms with E-state index in [9.17, 15) is 4.79 Å². The van der Waals surface area contributed by atoms with Crippen molar-refractivity contribution in [1.29, 1.82) is 0 Å². The molecule has 0 radical (unpaired) electrons. The fraction of sp³-hybridized carbons (Fsp3) is 0.130. The molecule has 1 amide bonds. The van der Waals surface area contributed by atoms with E-state index in [4.69, 9.17) is 32.9 Å². The zero-order valence-electron chi connectivity index (χ0n) is 16.0. The van der Waals surface area contributed by atoms with Gasteiger partial charge in [0.05, 0.1) is 28.2 Å². The summed E-state index contributed by atoms with van der Waals surface area (Å²) in [5.41, 5.74) is 3.98. The summed E-state index contributed by atoms with van der Waals surface area (Å²) in [6.45, 7) is 0.482. The molecule has 1 unspecified atom stereocenters. The van der Waals surface area contributed by atoms with Crippen LogP contribution in [0, 0.1) is 0 Å². The molecule has 4 aromatic rings. The Morgan fingerprint density at radius 3 is 2.60 bits per heavy atom. The van der Waals surface area contributed by atoms with E-state index in [2.05, 4.69) is 4.98 Å². The lowest BCUT2D eigenvalue weighted by atomic mass is 10.0. The molecule has 0 saturated heterocycles. The zero-order chi connectivity index (χ0) is 20.8. The Hall–Kier alpha value is -3.02. The van der Waals surface area contributed by atoms with Crippen LogP contribution < -0.4 is 4.74 Å². The average Bonchev–Trinajstić information content (AvgIpc) is 3.30. The Labute approximate surface area is 183 Å². The van der Waals surface area contributed by atoms with E-state index >= 15 is 0 Å². The van der Waals surface area contributed by atoms with Gasteiger partial charge in [0, 0.05) is 17.7 Å².